The first-order chi connectivity index (χ1) is 11.5. The Labute approximate surface area is 143 Å². The first kappa shape index (κ1) is 17.7. The molecular weight excluding hydrogens is 300 g/mol. The molecule has 0 heterocycles. The van der Waals surface area contributed by atoms with E-state index in [0.717, 1.165) is 17.5 Å². The molecule has 1 unspecified atom stereocenters. The van der Waals surface area contributed by atoms with Crippen LogP contribution in [-0.4, -0.2) is 18.4 Å². The van der Waals surface area contributed by atoms with Gasteiger partial charge in [0.1, 0.15) is 0 Å². The molecule has 0 aliphatic carbocycles. The molecule has 2 N–H and O–H groups in total. The van der Waals surface area contributed by atoms with E-state index in [0.29, 0.717) is 6.54 Å². The van der Waals surface area contributed by atoms with Crippen LogP contribution < -0.4 is 10.6 Å². The third-order valence-corrected chi connectivity index (χ3v) is 3.83. The van der Waals surface area contributed by atoms with Crippen LogP contribution in [0.15, 0.2) is 54.6 Å². The molecule has 126 valence electrons. The van der Waals surface area contributed by atoms with Crippen LogP contribution in [0.5, 0.6) is 0 Å². The maximum atomic E-state index is 12.2. The third kappa shape index (κ3) is 5.88. The zero-order valence-corrected chi connectivity index (χ0v) is 14.2. The van der Waals surface area contributed by atoms with Gasteiger partial charge in [0.05, 0.1) is 12.5 Å². The molecule has 2 amide bonds. The average molecular weight is 324 g/mol. The minimum atomic E-state index is -0.306. The van der Waals surface area contributed by atoms with E-state index >= 15 is 0 Å². The lowest BCUT2D eigenvalue weighted by Gasteiger charge is -2.18. The molecule has 0 saturated carbocycles. The smallest absolute Gasteiger partial charge is 0.222 e. The van der Waals surface area contributed by atoms with Crippen LogP contribution in [0.3, 0.4) is 0 Å². The molecule has 2 rings (SSSR count). The quantitative estimate of drug-likeness (QED) is 0.823. The number of benzene rings is 2. The minimum absolute atomic E-state index is 0.0646. The standard InChI is InChI=1S/C20H24N2O2/c1-15-8-10-18(11-9-15)19(22-16(2)23)14-20(24)21-13-12-17-6-4-3-5-7-17/h3-11,19H,12-14H2,1-2H3,(H,21,24)(H,22,23). The highest BCUT2D eigenvalue weighted by Crippen LogP contribution is 2.17. The SMILES string of the molecule is CC(=O)NC(CC(=O)NCCc1ccccc1)c1ccc(C)cc1. The van der Waals surface area contributed by atoms with E-state index in [9.17, 15) is 9.59 Å². The number of amides is 2. The summed E-state index contributed by atoms with van der Waals surface area (Å²) >= 11 is 0. The number of aryl methyl sites for hydroxylation is 1. The molecular formula is C20H24N2O2. The third-order valence-electron chi connectivity index (χ3n) is 3.83. The second kappa shape index (κ2) is 8.87. The van der Waals surface area contributed by atoms with Gasteiger partial charge in [-0.2, -0.15) is 0 Å². The lowest BCUT2D eigenvalue weighted by molar-refractivity contribution is -0.122. The van der Waals surface area contributed by atoms with Gasteiger partial charge in [0, 0.05) is 13.5 Å². The molecule has 2 aromatic rings. The number of hydrogen-bond donors (Lipinski definition) is 2. The van der Waals surface area contributed by atoms with E-state index in [1.165, 1.54) is 12.5 Å². The zero-order valence-electron chi connectivity index (χ0n) is 14.2. The van der Waals surface area contributed by atoms with Crippen LogP contribution in [0.4, 0.5) is 0 Å². The summed E-state index contributed by atoms with van der Waals surface area (Å²) in [6.45, 7) is 4.06. The Morgan fingerprint density at radius 1 is 1.00 bits per heavy atom. The van der Waals surface area contributed by atoms with E-state index in [4.69, 9.17) is 0 Å². The van der Waals surface area contributed by atoms with Crippen molar-refractivity contribution in [2.75, 3.05) is 6.54 Å². The molecule has 4 heteroatoms. The van der Waals surface area contributed by atoms with Gasteiger partial charge < -0.3 is 10.6 Å². The van der Waals surface area contributed by atoms with Gasteiger partial charge >= 0.3 is 0 Å². The van der Waals surface area contributed by atoms with Gasteiger partial charge in [0.15, 0.2) is 0 Å². The second-order valence-corrected chi connectivity index (χ2v) is 5.95. The molecule has 0 fully saturated rings. The Bertz CT molecular complexity index is 666. The van der Waals surface area contributed by atoms with Crippen molar-refractivity contribution in [3.05, 3.63) is 71.3 Å². The summed E-state index contributed by atoms with van der Waals surface area (Å²) in [5, 5.41) is 5.78. The minimum Gasteiger partial charge on any atom is -0.356 e. The number of carbonyl (C=O) groups excluding carboxylic acids is 2. The normalized spacial score (nSPS) is 11.6. The highest BCUT2D eigenvalue weighted by molar-refractivity contribution is 5.79. The van der Waals surface area contributed by atoms with Gasteiger partial charge in [-0.05, 0) is 24.5 Å². The lowest BCUT2D eigenvalue weighted by Crippen LogP contribution is -2.33. The summed E-state index contributed by atoms with van der Waals surface area (Å²) in [7, 11) is 0. The van der Waals surface area contributed by atoms with Crippen LogP contribution in [0, 0.1) is 6.92 Å². The summed E-state index contributed by atoms with van der Waals surface area (Å²) in [5.41, 5.74) is 3.27. The van der Waals surface area contributed by atoms with Gasteiger partial charge in [-0.15, -0.1) is 0 Å². The Hall–Kier alpha value is -2.62. The fourth-order valence-corrected chi connectivity index (χ4v) is 2.54. The van der Waals surface area contributed by atoms with E-state index in [1.54, 1.807) is 0 Å². The molecule has 0 saturated heterocycles. The maximum Gasteiger partial charge on any atom is 0.222 e. The molecule has 4 nitrogen and oxygen atoms in total. The first-order valence-corrected chi connectivity index (χ1v) is 8.19. The molecule has 0 aliphatic heterocycles. The van der Waals surface area contributed by atoms with Crippen molar-refractivity contribution in [3.63, 3.8) is 0 Å². The maximum absolute atomic E-state index is 12.2. The highest BCUT2D eigenvalue weighted by atomic mass is 16.2. The number of carbonyl (C=O) groups is 2. The van der Waals surface area contributed by atoms with Crippen LogP contribution in [0.1, 0.15) is 36.1 Å². The van der Waals surface area contributed by atoms with Crippen molar-refractivity contribution < 1.29 is 9.59 Å². The van der Waals surface area contributed by atoms with Gasteiger partial charge in [0.2, 0.25) is 11.8 Å². The van der Waals surface area contributed by atoms with Crippen LogP contribution >= 0.6 is 0 Å². The fraction of sp³-hybridized carbons (Fsp3) is 0.300. The summed E-state index contributed by atoms with van der Waals surface area (Å²) in [4.78, 5) is 23.6. The predicted molar refractivity (Wildman–Crippen MR) is 95.5 cm³/mol. The number of rotatable bonds is 7. The molecule has 0 aliphatic rings. The van der Waals surface area contributed by atoms with Crippen LogP contribution in [0.25, 0.3) is 0 Å². The van der Waals surface area contributed by atoms with Gasteiger partial charge in [-0.25, -0.2) is 0 Å². The topological polar surface area (TPSA) is 58.2 Å². The first-order valence-electron chi connectivity index (χ1n) is 8.19. The Kier molecular flexibility index (Phi) is 6.55. The summed E-state index contributed by atoms with van der Waals surface area (Å²) in [6, 6.07) is 17.6. The Morgan fingerprint density at radius 2 is 1.67 bits per heavy atom. The lowest BCUT2D eigenvalue weighted by atomic mass is 10.0. The van der Waals surface area contributed by atoms with Crippen LogP contribution in [0.2, 0.25) is 0 Å². The summed E-state index contributed by atoms with van der Waals surface area (Å²) in [5.74, 6) is -0.206. The largest absolute Gasteiger partial charge is 0.356 e. The van der Waals surface area contributed by atoms with E-state index in [-0.39, 0.29) is 24.3 Å². The van der Waals surface area contributed by atoms with Gasteiger partial charge in [-0.3, -0.25) is 9.59 Å². The zero-order chi connectivity index (χ0) is 17.4. The molecule has 0 radical (unpaired) electrons. The van der Waals surface area contributed by atoms with Crippen molar-refractivity contribution in [1.29, 1.82) is 0 Å². The van der Waals surface area contributed by atoms with Crippen molar-refractivity contribution in [2.24, 2.45) is 0 Å². The van der Waals surface area contributed by atoms with Crippen molar-refractivity contribution in [2.45, 2.75) is 32.7 Å². The molecule has 24 heavy (non-hydrogen) atoms. The summed E-state index contributed by atoms with van der Waals surface area (Å²) < 4.78 is 0. The van der Waals surface area contributed by atoms with Gasteiger partial charge in [-0.1, -0.05) is 60.2 Å². The van der Waals surface area contributed by atoms with Crippen molar-refractivity contribution >= 4 is 11.8 Å². The Balaban J connectivity index is 1.89. The van der Waals surface area contributed by atoms with E-state index < -0.39 is 0 Å². The van der Waals surface area contributed by atoms with Crippen LogP contribution in [-0.2, 0) is 16.0 Å². The summed E-state index contributed by atoms with van der Waals surface area (Å²) in [6.07, 6.45) is 1.03. The Morgan fingerprint density at radius 3 is 2.29 bits per heavy atom. The molecule has 0 bridgehead atoms. The average Bonchev–Trinajstić information content (AvgIpc) is 2.55. The van der Waals surface area contributed by atoms with Crippen molar-refractivity contribution in [1.82, 2.24) is 10.6 Å². The number of hydrogen-bond acceptors (Lipinski definition) is 2. The highest BCUT2D eigenvalue weighted by Gasteiger charge is 2.16. The fourth-order valence-electron chi connectivity index (χ4n) is 2.54. The number of nitrogens with one attached hydrogen (secondary N) is 2. The second-order valence-electron chi connectivity index (χ2n) is 5.95. The predicted octanol–water partition coefficient (Wildman–Crippen LogP) is 2.92. The van der Waals surface area contributed by atoms with Gasteiger partial charge in [0.25, 0.3) is 0 Å². The van der Waals surface area contributed by atoms with E-state index in [2.05, 4.69) is 10.6 Å². The molecule has 2 aromatic carbocycles. The van der Waals surface area contributed by atoms with Crippen molar-refractivity contribution in [3.8, 4) is 0 Å². The monoisotopic (exact) mass is 324 g/mol. The van der Waals surface area contributed by atoms with E-state index in [1.807, 2.05) is 61.5 Å². The molecule has 1 atom stereocenters. The molecule has 0 spiro atoms. The molecule has 0 aromatic heterocycles.